The Bertz CT molecular complexity index is 408. The summed E-state index contributed by atoms with van der Waals surface area (Å²) in [6.07, 6.45) is 4.14. The molecule has 5 heteroatoms. The maximum atomic E-state index is 12.3. The molecule has 1 aromatic rings. The zero-order valence-electron chi connectivity index (χ0n) is 9.89. The van der Waals surface area contributed by atoms with Gasteiger partial charge in [0.05, 0.1) is 17.4 Å². The lowest BCUT2D eigenvalue weighted by Crippen LogP contribution is -2.29. The summed E-state index contributed by atoms with van der Waals surface area (Å²) in [5.41, 5.74) is 1.38. The lowest BCUT2D eigenvalue weighted by molar-refractivity contribution is 0.0782. The highest BCUT2D eigenvalue weighted by Gasteiger charge is 2.27. The highest BCUT2D eigenvalue weighted by Crippen LogP contribution is 2.21. The number of hydrogen-bond acceptors (Lipinski definition) is 4. The van der Waals surface area contributed by atoms with Gasteiger partial charge in [-0.15, -0.1) is 0 Å². The first-order valence-electron chi connectivity index (χ1n) is 5.78. The van der Waals surface area contributed by atoms with E-state index in [2.05, 4.69) is 10.3 Å². The number of hydrogen-bond donors (Lipinski definition) is 2. The number of carbonyl (C=O) groups excluding carboxylic acids is 1. The van der Waals surface area contributed by atoms with Crippen molar-refractivity contribution in [2.45, 2.75) is 6.42 Å². The molecule has 1 aliphatic heterocycles. The topological polar surface area (TPSA) is 65.5 Å². The minimum atomic E-state index is 0.00713. The van der Waals surface area contributed by atoms with Crippen LogP contribution in [0, 0.1) is 5.92 Å². The number of amides is 1. The average molecular weight is 235 g/mol. The number of nitrogens with zero attached hydrogens (tertiary/aromatic N) is 2. The molecule has 1 aromatic heterocycles. The molecule has 1 fully saturated rings. The maximum absolute atomic E-state index is 12.3. The van der Waals surface area contributed by atoms with Gasteiger partial charge in [0.1, 0.15) is 0 Å². The van der Waals surface area contributed by atoms with Gasteiger partial charge in [-0.25, -0.2) is 0 Å². The van der Waals surface area contributed by atoms with Crippen LogP contribution in [-0.4, -0.2) is 47.6 Å². The summed E-state index contributed by atoms with van der Waals surface area (Å²) in [5.74, 6) is 0.228. The first kappa shape index (κ1) is 11.9. The van der Waals surface area contributed by atoms with Gasteiger partial charge in [-0.05, 0) is 12.5 Å². The molecule has 0 spiro atoms. The molecule has 2 heterocycles. The molecule has 0 aliphatic carbocycles. The number of likely N-dealkylation sites (tertiary alicyclic amines) is 1. The third-order valence-electron chi connectivity index (χ3n) is 3.15. The predicted octanol–water partition coefficient (Wildman–Crippen LogP) is 0.578. The number of aromatic nitrogens is 1. The first-order chi connectivity index (χ1) is 8.26. The van der Waals surface area contributed by atoms with Gasteiger partial charge >= 0.3 is 0 Å². The monoisotopic (exact) mass is 235 g/mol. The quantitative estimate of drug-likeness (QED) is 0.804. The Balaban J connectivity index is 2.15. The second-order valence-corrected chi connectivity index (χ2v) is 4.26. The molecular weight excluding hydrogens is 218 g/mol. The van der Waals surface area contributed by atoms with Crippen LogP contribution in [0.3, 0.4) is 0 Å². The normalized spacial score (nSPS) is 19.4. The Morgan fingerprint density at radius 3 is 3.18 bits per heavy atom. The van der Waals surface area contributed by atoms with Crippen LogP contribution in [0.25, 0.3) is 0 Å². The van der Waals surface area contributed by atoms with Gasteiger partial charge in [-0.2, -0.15) is 0 Å². The molecule has 1 aliphatic rings. The minimum absolute atomic E-state index is 0.00713. The van der Waals surface area contributed by atoms with Crippen molar-refractivity contribution in [2.75, 3.05) is 32.1 Å². The number of aliphatic hydroxyl groups is 1. The largest absolute Gasteiger partial charge is 0.396 e. The smallest absolute Gasteiger partial charge is 0.256 e. The van der Waals surface area contributed by atoms with Crippen molar-refractivity contribution < 1.29 is 9.90 Å². The number of carbonyl (C=O) groups is 1. The van der Waals surface area contributed by atoms with E-state index >= 15 is 0 Å². The molecule has 1 unspecified atom stereocenters. The summed E-state index contributed by atoms with van der Waals surface area (Å²) in [5, 5.41) is 12.0. The second-order valence-electron chi connectivity index (χ2n) is 4.26. The van der Waals surface area contributed by atoms with E-state index in [1.54, 1.807) is 30.4 Å². The average Bonchev–Trinajstić information content (AvgIpc) is 2.86. The molecule has 92 valence electrons. The van der Waals surface area contributed by atoms with Crippen LogP contribution in [0.1, 0.15) is 16.8 Å². The van der Waals surface area contributed by atoms with Crippen molar-refractivity contribution >= 4 is 11.6 Å². The van der Waals surface area contributed by atoms with Gasteiger partial charge in [0, 0.05) is 38.9 Å². The highest BCUT2D eigenvalue weighted by molar-refractivity contribution is 5.99. The van der Waals surface area contributed by atoms with Gasteiger partial charge in [-0.1, -0.05) is 0 Å². The number of pyridine rings is 1. The fraction of sp³-hybridized carbons (Fsp3) is 0.500. The third-order valence-corrected chi connectivity index (χ3v) is 3.15. The Hall–Kier alpha value is -1.62. The zero-order valence-corrected chi connectivity index (χ0v) is 9.89. The summed E-state index contributed by atoms with van der Waals surface area (Å²) in [4.78, 5) is 18.0. The SMILES string of the molecule is CNc1cnccc1C(=O)N1CCC(CO)C1. The van der Waals surface area contributed by atoms with Gasteiger partial charge in [0.15, 0.2) is 0 Å². The molecule has 5 nitrogen and oxygen atoms in total. The summed E-state index contributed by atoms with van der Waals surface area (Å²) < 4.78 is 0. The Kier molecular flexibility index (Phi) is 3.58. The first-order valence-corrected chi connectivity index (χ1v) is 5.78. The van der Waals surface area contributed by atoms with E-state index in [0.29, 0.717) is 12.1 Å². The van der Waals surface area contributed by atoms with E-state index in [1.807, 2.05) is 0 Å². The lowest BCUT2D eigenvalue weighted by atomic mass is 10.1. The van der Waals surface area contributed by atoms with E-state index in [1.165, 1.54) is 0 Å². The molecule has 2 N–H and O–H groups in total. The van der Waals surface area contributed by atoms with Gasteiger partial charge < -0.3 is 15.3 Å². The minimum Gasteiger partial charge on any atom is -0.396 e. The Morgan fingerprint density at radius 2 is 2.53 bits per heavy atom. The van der Waals surface area contributed by atoms with Crippen LogP contribution >= 0.6 is 0 Å². The van der Waals surface area contributed by atoms with Gasteiger partial charge in [0.25, 0.3) is 5.91 Å². The Labute approximate surface area is 100 Å². The van der Waals surface area contributed by atoms with Crippen LogP contribution < -0.4 is 5.32 Å². The van der Waals surface area contributed by atoms with Crippen molar-refractivity contribution in [3.63, 3.8) is 0 Å². The molecule has 1 atom stereocenters. The Morgan fingerprint density at radius 1 is 1.71 bits per heavy atom. The van der Waals surface area contributed by atoms with Crippen molar-refractivity contribution in [2.24, 2.45) is 5.92 Å². The van der Waals surface area contributed by atoms with Crippen molar-refractivity contribution in [3.8, 4) is 0 Å². The van der Waals surface area contributed by atoms with E-state index in [0.717, 1.165) is 18.7 Å². The van der Waals surface area contributed by atoms with Crippen LogP contribution in [0.2, 0.25) is 0 Å². The molecule has 1 saturated heterocycles. The lowest BCUT2D eigenvalue weighted by Gasteiger charge is -2.17. The molecule has 0 saturated carbocycles. The standard InChI is InChI=1S/C12H17N3O2/c1-13-11-6-14-4-2-10(11)12(17)15-5-3-9(7-15)8-16/h2,4,6,9,13,16H,3,5,7-8H2,1H3. The summed E-state index contributed by atoms with van der Waals surface area (Å²) >= 11 is 0. The van der Waals surface area contributed by atoms with Crippen LogP contribution in [0.15, 0.2) is 18.5 Å². The molecule has 0 bridgehead atoms. The molecule has 17 heavy (non-hydrogen) atoms. The van der Waals surface area contributed by atoms with E-state index in [4.69, 9.17) is 5.11 Å². The summed E-state index contributed by atoms with van der Waals surface area (Å²) in [7, 11) is 1.77. The second kappa shape index (κ2) is 5.14. The van der Waals surface area contributed by atoms with Crippen LogP contribution in [0.5, 0.6) is 0 Å². The van der Waals surface area contributed by atoms with E-state index in [9.17, 15) is 4.79 Å². The highest BCUT2D eigenvalue weighted by atomic mass is 16.3. The number of anilines is 1. The summed E-state index contributed by atoms with van der Waals surface area (Å²) in [6.45, 7) is 1.51. The third kappa shape index (κ3) is 2.39. The summed E-state index contributed by atoms with van der Waals surface area (Å²) in [6, 6.07) is 1.72. The van der Waals surface area contributed by atoms with Crippen LogP contribution in [-0.2, 0) is 0 Å². The predicted molar refractivity (Wildman–Crippen MR) is 64.9 cm³/mol. The zero-order chi connectivity index (χ0) is 12.3. The van der Waals surface area contributed by atoms with Crippen molar-refractivity contribution in [1.29, 1.82) is 0 Å². The van der Waals surface area contributed by atoms with Crippen molar-refractivity contribution in [1.82, 2.24) is 9.88 Å². The van der Waals surface area contributed by atoms with Crippen LogP contribution in [0.4, 0.5) is 5.69 Å². The number of aliphatic hydroxyl groups excluding tert-OH is 1. The fourth-order valence-corrected chi connectivity index (χ4v) is 2.12. The van der Waals surface area contributed by atoms with Gasteiger partial charge in [-0.3, -0.25) is 9.78 Å². The van der Waals surface area contributed by atoms with E-state index < -0.39 is 0 Å². The molecule has 1 amide bonds. The molecule has 0 radical (unpaired) electrons. The molecular formula is C12H17N3O2. The molecule has 2 rings (SSSR count). The molecule has 0 aromatic carbocycles. The number of rotatable bonds is 3. The fourth-order valence-electron chi connectivity index (χ4n) is 2.12. The maximum Gasteiger partial charge on any atom is 0.256 e. The number of nitrogens with one attached hydrogen (secondary N) is 1. The van der Waals surface area contributed by atoms with E-state index in [-0.39, 0.29) is 18.4 Å². The van der Waals surface area contributed by atoms with Crippen molar-refractivity contribution in [3.05, 3.63) is 24.0 Å². The van der Waals surface area contributed by atoms with Gasteiger partial charge in [0.2, 0.25) is 0 Å².